The SMILES string of the molecule is C[C@H](OC(N)=O)C1CC1. The Kier molecular flexibility index (Phi) is 1.60. The maximum absolute atomic E-state index is 10.1. The van der Waals surface area contributed by atoms with Gasteiger partial charge in [-0.05, 0) is 25.7 Å². The Hall–Kier alpha value is -0.730. The summed E-state index contributed by atoms with van der Waals surface area (Å²) in [6.07, 6.45) is 1.72. The van der Waals surface area contributed by atoms with Gasteiger partial charge in [-0.3, -0.25) is 0 Å². The van der Waals surface area contributed by atoms with Crippen LogP contribution < -0.4 is 5.73 Å². The molecule has 0 saturated heterocycles. The molecular weight excluding hydrogens is 118 g/mol. The van der Waals surface area contributed by atoms with Crippen molar-refractivity contribution in [3.63, 3.8) is 0 Å². The van der Waals surface area contributed by atoms with Crippen molar-refractivity contribution in [2.24, 2.45) is 11.7 Å². The molecule has 1 atom stereocenters. The van der Waals surface area contributed by atoms with Crippen LogP contribution in [0.5, 0.6) is 0 Å². The lowest BCUT2D eigenvalue weighted by molar-refractivity contribution is 0.104. The van der Waals surface area contributed by atoms with Crippen LogP contribution in [0.3, 0.4) is 0 Å². The second-order valence-electron chi connectivity index (χ2n) is 2.48. The number of amides is 1. The molecule has 0 heterocycles. The Morgan fingerprint density at radius 2 is 2.33 bits per heavy atom. The summed E-state index contributed by atoms with van der Waals surface area (Å²) in [6, 6.07) is 0. The standard InChI is InChI=1S/C6H11NO2/c1-4(5-2-3-5)9-6(7)8/h4-5H,2-3H2,1H3,(H2,7,8)/t4-/m0/s1. The Labute approximate surface area is 54.2 Å². The molecule has 0 bridgehead atoms. The van der Waals surface area contributed by atoms with E-state index in [9.17, 15) is 4.79 Å². The van der Waals surface area contributed by atoms with E-state index in [-0.39, 0.29) is 6.10 Å². The van der Waals surface area contributed by atoms with Gasteiger partial charge in [0.05, 0.1) is 0 Å². The van der Waals surface area contributed by atoms with Crippen molar-refractivity contribution in [1.82, 2.24) is 0 Å². The van der Waals surface area contributed by atoms with Crippen LogP contribution in [0.2, 0.25) is 0 Å². The molecule has 2 N–H and O–H groups in total. The molecule has 9 heavy (non-hydrogen) atoms. The van der Waals surface area contributed by atoms with Crippen molar-refractivity contribution in [3.8, 4) is 0 Å². The molecule has 3 heteroatoms. The summed E-state index contributed by atoms with van der Waals surface area (Å²) < 4.78 is 4.71. The van der Waals surface area contributed by atoms with Crippen molar-refractivity contribution >= 4 is 6.09 Å². The summed E-state index contributed by atoms with van der Waals surface area (Å²) in [5.41, 5.74) is 4.80. The van der Waals surface area contributed by atoms with Gasteiger partial charge in [0.2, 0.25) is 0 Å². The van der Waals surface area contributed by atoms with Crippen LogP contribution in [0, 0.1) is 5.92 Å². The van der Waals surface area contributed by atoms with Crippen LogP contribution in [-0.4, -0.2) is 12.2 Å². The van der Waals surface area contributed by atoms with Gasteiger partial charge in [-0.1, -0.05) is 0 Å². The second-order valence-corrected chi connectivity index (χ2v) is 2.48. The molecule has 1 aliphatic rings. The monoisotopic (exact) mass is 129 g/mol. The maximum atomic E-state index is 10.1. The van der Waals surface area contributed by atoms with Crippen molar-refractivity contribution in [2.75, 3.05) is 0 Å². The summed E-state index contributed by atoms with van der Waals surface area (Å²) in [5.74, 6) is 0.581. The van der Waals surface area contributed by atoms with E-state index < -0.39 is 6.09 Å². The molecule has 3 nitrogen and oxygen atoms in total. The van der Waals surface area contributed by atoms with Crippen molar-refractivity contribution in [2.45, 2.75) is 25.9 Å². The van der Waals surface area contributed by atoms with E-state index in [4.69, 9.17) is 10.5 Å². The summed E-state index contributed by atoms with van der Waals surface area (Å²) in [6.45, 7) is 1.88. The molecule has 1 saturated carbocycles. The van der Waals surface area contributed by atoms with Crippen LogP contribution in [0.25, 0.3) is 0 Å². The highest BCUT2D eigenvalue weighted by Crippen LogP contribution is 2.33. The number of ether oxygens (including phenoxy) is 1. The largest absolute Gasteiger partial charge is 0.446 e. The lowest BCUT2D eigenvalue weighted by Crippen LogP contribution is -2.21. The topological polar surface area (TPSA) is 52.3 Å². The van der Waals surface area contributed by atoms with Gasteiger partial charge in [-0.2, -0.15) is 0 Å². The number of carbonyl (C=O) groups excluding carboxylic acids is 1. The highest BCUT2D eigenvalue weighted by atomic mass is 16.6. The van der Waals surface area contributed by atoms with Gasteiger partial charge >= 0.3 is 6.09 Å². The minimum Gasteiger partial charge on any atom is -0.446 e. The van der Waals surface area contributed by atoms with Gasteiger partial charge in [0.15, 0.2) is 0 Å². The van der Waals surface area contributed by atoms with E-state index in [1.165, 1.54) is 12.8 Å². The smallest absolute Gasteiger partial charge is 0.404 e. The highest BCUT2D eigenvalue weighted by Gasteiger charge is 2.29. The van der Waals surface area contributed by atoms with Crippen LogP contribution >= 0.6 is 0 Å². The molecule has 0 aromatic carbocycles. The Balaban J connectivity index is 2.17. The van der Waals surface area contributed by atoms with Crippen molar-refractivity contribution in [3.05, 3.63) is 0 Å². The van der Waals surface area contributed by atoms with E-state index in [0.29, 0.717) is 5.92 Å². The third kappa shape index (κ3) is 1.91. The molecule has 1 amide bonds. The minimum atomic E-state index is -0.658. The number of carbonyl (C=O) groups is 1. The number of hydrogen-bond donors (Lipinski definition) is 1. The van der Waals surface area contributed by atoms with Gasteiger partial charge in [0.25, 0.3) is 0 Å². The lowest BCUT2D eigenvalue weighted by Gasteiger charge is -2.07. The predicted octanol–water partition coefficient (Wildman–Crippen LogP) is 0.880. The molecule has 0 aromatic heterocycles. The van der Waals surface area contributed by atoms with Crippen molar-refractivity contribution in [1.29, 1.82) is 0 Å². The van der Waals surface area contributed by atoms with E-state index in [2.05, 4.69) is 0 Å². The van der Waals surface area contributed by atoms with Gasteiger partial charge in [0.1, 0.15) is 6.10 Å². The zero-order chi connectivity index (χ0) is 6.85. The summed E-state index contributed by atoms with van der Waals surface area (Å²) in [4.78, 5) is 10.1. The first-order valence-corrected chi connectivity index (χ1v) is 3.16. The average molecular weight is 129 g/mol. The molecule has 0 unspecified atom stereocenters. The fraction of sp³-hybridized carbons (Fsp3) is 0.833. The van der Waals surface area contributed by atoms with E-state index >= 15 is 0 Å². The molecule has 0 radical (unpaired) electrons. The quantitative estimate of drug-likeness (QED) is 0.601. The van der Waals surface area contributed by atoms with Gasteiger partial charge in [-0.15, -0.1) is 0 Å². The molecule has 0 spiro atoms. The molecule has 1 fully saturated rings. The van der Waals surface area contributed by atoms with Crippen LogP contribution in [0.15, 0.2) is 0 Å². The van der Waals surface area contributed by atoms with Gasteiger partial charge in [0, 0.05) is 0 Å². The van der Waals surface area contributed by atoms with Gasteiger partial charge in [-0.25, -0.2) is 4.79 Å². The first-order valence-electron chi connectivity index (χ1n) is 3.16. The number of nitrogens with two attached hydrogens (primary N) is 1. The first kappa shape index (κ1) is 6.39. The first-order chi connectivity index (χ1) is 4.20. The molecule has 1 aliphatic carbocycles. The highest BCUT2D eigenvalue weighted by molar-refractivity contribution is 5.64. The Bertz CT molecular complexity index is 120. The zero-order valence-electron chi connectivity index (χ0n) is 5.46. The third-order valence-electron chi connectivity index (χ3n) is 1.59. The molecule has 0 aliphatic heterocycles. The van der Waals surface area contributed by atoms with Crippen LogP contribution in [-0.2, 0) is 4.74 Å². The summed E-state index contributed by atoms with van der Waals surface area (Å²) >= 11 is 0. The fourth-order valence-electron chi connectivity index (χ4n) is 0.845. The lowest BCUT2D eigenvalue weighted by atomic mass is 10.3. The Morgan fingerprint density at radius 1 is 1.78 bits per heavy atom. The number of primary amides is 1. The third-order valence-corrected chi connectivity index (χ3v) is 1.59. The van der Waals surface area contributed by atoms with Crippen molar-refractivity contribution < 1.29 is 9.53 Å². The maximum Gasteiger partial charge on any atom is 0.404 e. The summed E-state index contributed by atoms with van der Waals surface area (Å²) in [7, 11) is 0. The summed E-state index contributed by atoms with van der Waals surface area (Å²) in [5, 5.41) is 0. The van der Waals surface area contributed by atoms with E-state index in [0.717, 1.165) is 0 Å². The molecular formula is C6H11NO2. The minimum absolute atomic E-state index is 0.0301. The molecule has 0 aromatic rings. The van der Waals surface area contributed by atoms with Crippen LogP contribution in [0.4, 0.5) is 4.79 Å². The van der Waals surface area contributed by atoms with Crippen LogP contribution in [0.1, 0.15) is 19.8 Å². The van der Waals surface area contributed by atoms with Gasteiger partial charge < -0.3 is 10.5 Å². The number of rotatable bonds is 2. The number of hydrogen-bond acceptors (Lipinski definition) is 2. The molecule has 1 rings (SSSR count). The van der Waals surface area contributed by atoms with E-state index in [1.54, 1.807) is 0 Å². The predicted molar refractivity (Wildman–Crippen MR) is 32.9 cm³/mol. The zero-order valence-corrected chi connectivity index (χ0v) is 5.46. The Morgan fingerprint density at radius 3 is 2.67 bits per heavy atom. The second kappa shape index (κ2) is 2.25. The normalized spacial score (nSPS) is 21.0. The average Bonchev–Trinajstić information content (AvgIpc) is 2.40. The molecule has 52 valence electrons. The van der Waals surface area contributed by atoms with E-state index in [1.807, 2.05) is 6.92 Å². The fourth-order valence-corrected chi connectivity index (χ4v) is 0.845.